The third kappa shape index (κ3) is 9.58. The highest BCUT2D eigenvalue weighted by Gasteiger charge is 2.44. The number of amides is 1. The standard InChI is InChI=1S/C35H46N4O6/c1-23(2)18-39(19-25-3-9-27(36)10-4-25)20-32(40)31(38-35(41)45-33-22-44-34-30(33)15-16-42-34)17-24-7-13-29(14-8-24)43-21-26-5-11-28(37)12-6-26/h3-14,23,30-34,40H,15-22,36-37H2,1-2H3,(H,38,41)/t30?,31-,32+,33?,34?/m0/s1. The summed E-state index contributed by atoms with van der Waals surface area (Å²) >= 11 is 0. The van der Waals surface area contributed by atoms with Gasteiger partial charge >= 0.3 is 6.09 Å². The average Bonchev–Trinajstić information content (AvgIpc) is 3.63. The van der Waals surface area contributed by atoms with E-state index in [-0.39, 0.29) is 18.3 Å². The summed E-state index contributed by atoms with van der Waals surface area (Å²) in [6, 6.07) is 22.5. The van der Waals surface area contributed by atoms with Gasteiger partial charge in [-0.1, -0.05) is 50.2 Å². The van der Waals surface area contributed by atoms with E-state index in [1.165, 1.54) is 0 Å². The van der Waals surface area contributed by atoms with E-state index in [4.69, 9.17) is 30.4 Å². The number of carbonyl (C=O) groups excluding carboxylic acids is 1. The average molecular weight is 619 g/mol. The fourth-order valence-corrected chi connectivity index (χ4v) is 5.90. The van der Waals surface area contributed by atoms with Crippen LogP contribution in [0, 0.1) is 11.8 Å². The summed E-state index contributed by atoms with van der Waals surface area (Å²) in [7, 11) is 0. The minimum atomic E-state index is -0.867. The first-order chi connectivity index (χ1) is 21.7. The van der Waals surface area contributed by atoms with E-state index >= 15 is 0 Å². The molecule has 0 spiro atoms. The number of carbonyl (C=O) groups is 1. The number of aliphatic hydroxyl groups excluding tert-OH is 1. The lowest BCUT2D eigenvalue weighted by Crippen LogP contribution is -2.50. The van der Waals surface area contributed by atoms with Gasteiger partial charge in [0.1, 0.15) is 18.5 Å². The summed E-state index contributed by atoms with van der Waals surface area (Å²) < 4.78 is 23.0. The van der Waals surface area contributed by atoms with Gasteiger partial charge < -0.3 is 40.8 Å². The van der Waals surface area contributed by atoms with Crippen LogP contribution >= 0.6 is 0 Å². The van der Waals surface area contributed by atoms with E-state index < -0.39 is 18.2 Å². The molecule has 0 aliphatic carbocycles. The first-order valence-electron chi connectivity index (χ1n) is 15.7. The van der Waals surface area contributed by atoms with Crippen molar-refractivity contribution in [2.45, 2.75) is 64.4 Å². The monoisotopic (exact) mass is 618 g/mol. The molecule has 1 amide bonds. The van der Waals surface area contributed by atoms with Crippen molar-refractivity contribution in [3.05, 3.63) is 89.5 Å². The fourth-order valence-electron chi connectivity index (χ4n) is 5.90. The second kappa shape index (κ2) is 15.4. The number of nitrogens with zero attached hydrogens (tertiary/aromatic N) is 1. The largest absolute Gasteiger partial charge is 0.489 e. The van der Waals surface area contributed by atoms with Gasteiger partial charge in [0.25, 0.3) is 0 Å². The topological polar surface area (TPSA) is 142 Å². The summed E-state index contributed by atoms with van der Waals surface area (Å²) in [4.78, 5) is 15.4. The number of nitrogen functional groups attached to an aromatic ring is 2. The molecule has 2 heterocycles. The Hall–Kier alpha value is -3.83. The molecule has 45 heavy (non-hydrogen) atoms. The van der Waals surface area contributed by atoms with Gasteiger partial charge in [0.15, 0.2) is 6.29 Å². The third-order valence-corrected chi connectivity index (χ3v) is 8.23. The molecule has 2 fully saturated rings. The van der Waals surface area contributed by atoms with Crippen LogP contribution in [0.5, 0.6) is 5.75 Å². The molecule has 0 radical (unpaired) electrons. The number of hydrogen-bond acceptors (Lipinski definition) is 9. The zero-order valence-corrected chi connectivity index (χ0v) is 26.1. The van der Waals surface area contributed by atoms with Crippen LogP contribution in [0.3, 0.4) is 0 Å². The van der Waals surface area contributed by atoms with Crippen molar-refractivity contribution in [2.24, 2.45) is 11.8 Å². The van der Waals surface area contributed by atoms with Crippen molar-refractivity contribution in [1.82, 2.24) is 10.2 Å². The summed E-state index contributed by atoms with van der Waals surface area (Å²) in [5.74, 6) is 1.13. The van der Waals surface area contributed by atoms with Crippen LogP contribution in [0.2, 0.25) is 0 Å². The molecular weight excluding hydrogens is 572 g/mol. The maximum absolute atomic E-state index is 13.2. The maximum Gasteiger partial charge on any atom is 0.407 e. The summed E-state index contributed by atoms with van der Waals surface area (Å²) in [5, 5.41) is 14.6. The van der Waals surface area contributed by atoms with E-state index in [2.05, 4.69) is 24.1 Å². The lowest BCUT2D eigenvalue weighted by atomic mass is 10.00. The van der Waals surface area contributed by atoms with Crippen molar-refractivity contribution in [1.29, 1.82) is 0 Å². The van der Waals surface area contributed by atoms with Crippen LogP contribution < -0.4 is 21.5 Å². The number of rotatable bonds is 14. The van der Waals surface area contributed by atoms with E-state index in [1.54, 1.807) is 0 Å². The van der Waals surface area contributed by atoms with Gasteiger partial charge in [-0.3, -0.25) is 4.90 Å². The van der Waals surface area contributed by atoms with E-state index in [0.717, 1.165) is 35.4 Å². The van der Waals surface area contributed by atoms with Crippen LogP contribution in [-0.2, 0) is 33.8 Å². The van der Waals surface area contributed by atoms with Gasteiger partial charge in [0, 0.05) is 31.0 Å². The molecular formula is C35H46N4O6. The van der Waals surface area contributed by atoms with Gasteiger partial charge in [-0.15, -0.1) is 0 Å². The molecule has 6 N–H and O–H groups in total. The number of anilines is 2. The molecule has 2 aliphatic heterocycles. The van der Waals surface area contributed by atoms with Crippen molar-refractivity contribution >= 4 is 17.5 Å². The Balaban J connectivity index is 1.25. The Bertz CT molecular complexity index is 1350. The Morgan fingerprint density at radius 2 is 1.58 bits per heavy atom. The molecule has 0 saturated carbocycles. The SMILES string of the molecule is CC(C)CN(Cc1ccc(N)cc1)C[C@@H](O)[C@H](Cc1ccc(OCc2ccc(N)cc2)cc1)NC(=O)OC1COC2OCCC12. The summed E-state index contributed by atoms with van der Waals surface area (Å²) in [6.45, 7) is 7.41. The van der Waals surface area contributed by atoms with Crippen LogP contribution in [0.4, 0.5) is 16.2 Å². The predicted molar refractivity (Wildman–Crippen MR) is 173 cm³/mol. The van der Waals surface area contributed by atoms with Crippen LogP contribution in [-0.4, -0.2) is 66.9 Å². The normalized spacial score (nSPS) is 20.6. The number of fused-ring (bicyclic) bond motifs is 1. The first-order valence-corrected chi connectivity index (χ1v) is 15.7. The molecule has 2 aliphatic rings. The van der Waals surface area contributed by atoms with E-state index in [1.807, 2.05) is 72.8 Å². The predicted octanol–water partition coefficient (Wildman–Crippen LogP) is 4.35. The summed E-state index contributed by atoms with van der Waals surface area (Å²) in [5.41, 5.74) is 16.2. The van der Waals surface area contributed by atoms with E-state index in [9.17, 15) is 9.90 Å². The van der Waals surface area contributed by atoms with Gasteiger partial charge in [-0.2, -0.15) is 0 Å². The zero-order chi connectivity index (χ0) is 31.8. The molecule has 242 valence electrons. The molecule has 0 aromatic heterocycles. The van der Waals surface area contributed by atoms with Crippen LogP contribution in [0.25, 0.3) is 0 Å². The molecule has 2 saturated heterocycles. The minimum absolute atomic E-state index is 0.0290. The highest BCUT2D eigenvalue weighted by molar-refractivity contribution is 5.68. The third-order valence-electron chi connectivity index (χ3n) is 8.23. The second-order valence-electron chi connectivity index (χ2n) is 12.5. The summed E-state index contributed by atoms with van der Waals surface area (Å²) in [6.07, 6.45) is -0.941. The van der Waals surface area contributed by atoms with Crippen LogP contribution in [0.15, 0.2) is 72.8 Å². The fraction of sp³-hybridized carbons (Fsp3) is 0.457. The van der Waals surface area contributed by atoms with Crippen molar-refractivity contribution < 1.29 is 28.8 Å². The molecule has 5 atom stereocenters. The molecule has 5 rings (SSSR count). The molecule has 0 bridgehead atoms. The van der Waals surface area contributed by atoms with Crippen LogP contribution in [0.1, 0.15) is 37.0 Å². The maximum atomic E-state index is 13.2. The highest BCUT2D eigenvalue weighted by Crippen LogP contribution is 2.33. The number of nitrogens with two attached hydrogens (primary N) is 2. The van der Waals surface area contributed by atoms with Gasteiger partial charge in [0.05, 0.1) is 31.3 Å². The molecule has 3 unspecified atom stereocenters. The number of hydrogen-bond donors (Lipinski definition) is 4. The number of nitrogens with one attached hydrogen (secondary N) is 1. The van der Waals surface area contributed by atoms with Gasteiger partial charge in [-0.25, -0.2) is 4.79 Å². The Morgan fingerprint density at radius 1 is 0.933 bits per heavy atom. The second-order valence-corrected chi connectivity index (χ2v) is 12.5. The number of ether oxygens (including phenoxy) is 4. The Kier molecular flexibility index (Phi) is 11.2. The number of alkyl carbamates (subject to hydrolysis) is 1. The highest BCUT2D eigenvalue weighted by atomic mass is 16.7. The lowest BCUT2D eigenvalue weighted by molar-refractivity contribution is -0.0907. The van der Waals surface area contributed by atoms with Crippen molar-refractivity contribution in [2.75, 3.05) is 37.8 Å². The smallest absolute Gasteiger partial charge is 0.407 e. The molecule has 10 nitrogen and oxygen atoms in total. The lowest BCUT2D eigenvalue weighted by Gasteiger charge is -2.31. The zero-order valence-electron chi connectivity index (χ0n) is 26.1. The van der Waals surface area contributed by atoms with Gasteiger partial charge in [-0.05, 0) is 71.8 Å². The van der Waals surface area contributed by atoms with E-state index in [0.29, 0.717) is 56.6 Å². The quantitative estimate of drug-likeness (QED) is 0.194. The van der Waals surface area contributed by atoms with Gasteiger partial charge in [0.2, 0.25) is 0 Å². The Morgan fingerprint density at radius 3 is 2.24 bits per heavy atom. The molecule has 3 aromatic carbocycles. The molecule has 3 aromatic rings. The molecule has 10 heteroatoms. The van der Waals surface area contributed by atoms with Crippen molar-refractivity contribution in [3.63, 3.8) is 0 Å². The first kappa shape index (κ1) is 32.6. The number of benzene rings is 3. The minimum Gasteiger partial charge on any atom is -0.489 e. The van der Waals surface area contributed by atoms with Crippen molar-refractivity contribution in [3.8, 4) is 5.75 Å². The Labute approximate surface area is 265 Å². The number of aliphatic hydroxyl groups is 1.